The molecule has 0 aliphatic rings. The minimum Gasteiger partial charge on any atom is -0.457 e. The lowest BCUT2D eigenvalue weighted by atomic mass is 10.0. The number of hydrogen-bond donors (Lipinski definition) is 2. The van der Waals surface area contributed by atoms with E-state index in [-0.39, 0.29) is 0 Å². The Hall–Kier alpha value is -2.16. The molecule has 0 aliphatic heterocycles. The van der Waals surface area contributed by atoms with Crippen molar-refractivity contribution in [1.82, 2.24) is 0 Å². The van der Waals surface area contributed by atoms with Crippen LogP contribution >= 0.6 is 0 Å². The first kappa shape index (κ1) is 13.3. The van der Waals surface area contributed by atoms with Gasteiger partial charge in [-0.05, 0) is 60.4 Å². The van der Waals surface area contributed by atoms with Crippen LogP contribution in [0.1, 0.15) is 19.4 Å². The summed E-state index contributed by atoms with van der Waals surface area (Å²) >= 11 is 0. The molecule has 0 saturated heterocycles. The predicted octanol–water partition coefficient (Wildman–Crippen LogP) is 3.84. The smallest absolute Gasteiger partial charge is 0.127 e. The third-order valence-electron chi connectivity index (χ3n) is 2.86. The Balaban J connectivity index is 2.18. The van der Waals surface area contributed by atoms with Gasteiger partial charge in [0.1, 0.15) is 11.5 Å². The minimum absolute atomic E-state index is 0.564. The average molecular weight is 256 g/mol. The SMILES string of the molecule is CC(C)Cc1cc(Oc2ccc(N)cc2)ccc1N. The molecule has 0 spiro atoms. The van der Waals surface area contributed by atoms with Crippen LogP contribution in [-0.4, -0.2) is 0 Å². The third kappa shape index (κ3) is 3.65. The number of rotatable bonds is 4. The Morgan fingerprint density at radius 3 is 2.21 bits per heavy atom. The molecule has 0 unspecified atom stereocenters. The fraction of sp³-hybridized carbons (Fsp3) is 0.250. The number of ether oxygens (including phenoxy) is 1. The van der Waals surface area contributed by atoms with Gasteiger partial charge in [-0.3, -0.25) is 0 Å². The van der Waals surface area contributed by atoms with E-state index in [0.717, 1.165) is 34.9 Å². The second-order valence-electron chi connectivity index (χ2n) is 5.13. The fourth-order valence-electron chi connectivity index (χ4n) is 1.93. The van der Waals surface area contributed by atoms with Crippen molar-refractivity contribution in [2.75, 3.05) is 11.5 Å². The van der Waals surface area contributed by atoms with Crippen LogP contribution in [-0.2, 0) is 6.42 Å². The Bertz CT molecular complexity index is 547. The zero-order valence-corrected chi connectivity index (χ0v) is 11.4. The third-order valence-corrected chi connectivity index (χ3v) is 2.86. The molecule has 0 fully saturated rings. The van der Waals surface area contributed by atoms with Crippen LogP contribution < -0.4 is 16.2 Å². The molecule has 0 heterocycles. The Morgan fingerprint density at radius 2 is 1.58 bits per heavy atom. The zero-order chi connectivity index (χ0) is 13.8. The minimum atomic E-state index is 0.564. The molecule has 3 nitrogen and oxygen atoms in total. The normalized spacial score (nSPS) is 10.7. The van der Waals surface area contributed by atoms with E-state index in [9.17, 15) is 0 Å². The average Bonchev–Trinajstić information content (AvgIpc) is 2.36. The Kier molecular flexibility index (Phi) is 3.95. The first-order valence-corrected chi connectivity index (χ1v) is 6.46. The second-order valence-corrected chi connectivity index (χ2v) is 5.13. The number of hydrogen-bond acceptors (Lipinski definition) is 3. The maximum absolute atomic E-state index is 5.98. The van der Waals surface area contributed by atoms with E-state index in [1.807, 2.05) is 42.5 Å². The van der Waals surface area contributed by atoms with Crippen molar-refractivity contribution >= 4 is 11.4 Å². The van der Waals surface area contributed by atoms with Crippen LogP contribution in [0.4, 0.5) is 11.4 Å². The molecule has 4 N–H and O–H groups in total. The largest absolute Gasteiger partial charge is 0.457 e. The number of nitrogen functional groups attached to an aromatic ring is 2. The zero-order valence-electron chi connectivity index (χ0n) is 11.4. The first-order chi connectivity index (χ1) is 9.04. The lowest BCUT2D eigenvalue weighted by Gasteiger charge is -2.12. The van der Waals surface area contributed by atoms with Crippen LogP contribution in [0.3, 0.4) is 0 Å². The van der Waals surface area contributed by atoms with Crippen molar-refractivity contribution in [3.05, 3.63) is 48.0 Å². The van der Waals surface area contributed by atoms with Gasteiger partial charge in [0.2, 0.25) is 0 Å². The summed E-state index contributed by atoms with van der Waals surface area (Å²) in [4.78, 5) is 0. The number of benzene rings is 2. The molecule has 0 bridgehead atoms. The van der Waals surface area contributed by atoms with Gasteiger partial charge < -0.3 is 16.2 Å². The summed E-state index contributed by atoms with van der Waals surface area (Å²) in [5, 5.41) is 0. The van der Waals surface area contributed by atoms with Gasteiger partial charge >= 0.3 is 0 Å². The molecule has 0 radical (unpaired) electrons. The van der Waals surface area contributed by atoms with E-state index >= 15 is 0 Å². The van der Waals surface area contributed by atoms with Crippen molar-refractivity contribution in [1.29, 1.82) is 0 Å². The van der Waals surface area contributed by atoms with Gasteiger partial charge in [0, 0.05) is 11.4 Å². The molecule has 2 aromatic carbocycles. The highest BCUT2D eigenvalue weighted by atomic mass is 16.5. The molecule has 0 aliphatic carbocycles. The molecular weight excluding hydrogens is 236 g/mol. The highest BCUT2D eigenvalue weighted by Crippen LogP contribution is 2.27. The lowest BCUT2D eigenvalue weighted by molar-refractivity contribution is 0.481. The molecular formula is C16H20N2O. The van der Waals surface area contributed by atoms with Gasteiger partial charge in [0.05, 0.1) is 0 Å². The predicted molar refractivity (Wildman–Crippen MR) is 80.3 cm³/mol. The quantitative estimate of drug-likeness (QED) is 0.817. The first-order valence-electron chi connectivity index (χ1n) is 6.46. The van der Waals surface area contributed by atoms with E-state index in [1.165, 1.54) is 0 Å². The fourth-order valence-corrected chi connectivity index (χ4v) is 1.93. The van der Waals surface area contributed by atoms with Crippen molar-refractivity contribution in [3.63, 3.8) is 0 Å². The van der Waals surface area contributed by atoms with Gasteiger partial charge in [0.25, 0.3) is 0 Å². The molecule has 0 atom stereocenters. The summed E-state index contributed by atoms with van der Waals surface area (Å²) in [5.74, 6) is 2.14. The molecule has 0 aromatic heterocycles. The van der Waals surface area contributed by atoms with E-state index in [4.69, 9.17) is 16.2 Å². The Morgan fingerprint density at radius 1 is 0.947 bits per heavy atom. The molecule has 19 heavy (non-hydrogen) atoms. The van der Waals surface area contributed by atoms with Crippen LogP contribution in [0.2, 0.25) is 0 Å². The molecule has 2 aromatic rings. The van der Waals surface area contributed by atoms with Gasteiger partial charge in [-0.2, -0.15) is 0 Å². The second kappa shape index (κ2) is 5.65. The standard InChI is InChI=1S/C16H20N2O/c1-11(2)9-12-10-15(7-8-16(12)18)19-14-5-3-13(17)4-6-14/h3-8,10-11H,9,17-18H2,1-2H3. The van der Waals surface area contributed by atoms with E-state index in [2.05, 4.69) is 13.8 Å². The van der Waals surface area contributed by atoms with Gasteiger partial charge in [-0.15, -0.1) is 0 Å². The van der Waals surface area contributed by atoms with E-state index < -0.39 is 0 Å². The summed E-state index contributed by atoms with van der Waals surface area (Å²) < 4.78 is 5.80. The van der Waals surface area contributed by atoms with E-state index in [1.54, 1.807) is 0 Å². The highest BCUT2D eigenvalue weighted by Gasteiger charge is 2.05. The van der Waals surface area contributed by atoms with Gasteiger partial charge in [-0.25, -0.2) is 0 Å². The summed E-state index contributed by atoms with van der Waals surface area (Å²) in [5.41, 5.74) is 14.3. The van der Waals surface area contributed by atoms with Crippen LogP contribution in [0, 0.1) is 5.92 Å². The van der Waals surface area contributed by atoms with Crippen molar-refractivity contribution < 1.29 is 4.74 Å². The maximum atomic E-state index is 5.98. The van der Waals surface area contributed by atoms with E-state index in [0.29, 0.717) is 5.92 Å². The van der Waals surface area contributed by atoms with Crippen LogP contribution in [0.5, 0.6) is 11.5 Å². The molecule has 3 heteroatoms. The summed E-state index contributed by atoms with van der Waals surface area (Å²) in [7, 11) is 0. The monoisotopic (exact) mass is 256 g/mol. The number of nitrogens with two attached hydrogens (primary N) is 2. The summed E-state index contributed by atoms with van der Waals surface area (Å²) in [6.45, 7) is 4.35. The number of anilines is 2. The molecule has 100 valence electrons. The lowest BCUT2D eigenvalue weighted by Crippen LogP contribution is -2.00. The Labute approximate surface area is 114 Å². The summed E-state index contributed by atoms with van der Waals surface area (Å²) in [6.07, 6.45) is 0.949. The van der Waals surface area contributed by atoms with Crippen molar-refractivity contribution in [2.24, 2.45) is 5.92 Å². The van der Waals surface area contributed by atoms with Crippen LogP contribution in [0.15, 0.2) is 42.5 Å². The highest BCUT2D eigenvalue weighted by molar-refractivity contribution is 5.51. The van der Waals surface area contributed by atoms with Crippen molar-refractivity contribution in [3.8, 4) is 11.5 Å². The van der Waals surface area contributed by atoms with Gasteiger partial charge in [0.15, 0.2) is 0 Å². The maximum Gasteiger partial charge on any atom is 0.127 e. The molecule has 2 rings (SSSR count). The molecule has 0 saturated carbocycles. The van der Waals surface area contributed by atoms with Crippen LogP contribution in [0.25, 0.3) is 0 Å². The topological polar surface area (TPSA) is 61.3 Å². The van der Waals surface area contributed by atoms with Gasteiger partial charge in [-0.1, -0.05) is 13.8 Å². The molecule has 0 amide bonds. The summed E-state index contributed by atoms with van der Waals surface area (Å²) in [6, 6.07) is 13.1. The van der Waals surface area contributed by atoms with Crippen molar-refractivity contribution in [2.45, 2.75) is 20.3 Å².